The molecule has 0 heterocycles. The number of benzene rings is 1. The molecule has 4 heteroatoms. The number of hydrogen-bond acceptors (Lipinski definition) is 2. The minimum atomic E-state index is 0.657. The van der Waals surface area contributed by atoms with Crippen molar-refractivity contribution in [3.8, 4) is 5.75 Å². The van der Waals surface area contributed by atoms with Gasteiger partial charge in [0.05, 0.1) is 5.02 Å². The van der Waals surface area contributed by atoms with Crippen molar-refractivity contribution in [3.05, 3.63) is 27.7 Å². The highest BCUT2D eigenvalue weighted by Gasteiger charge is 2.19. The summed E-state index contributed by atoms with van der Waals surface area (Å²) in [5.74, 6) is 0.739. The van der Waals surface area contributed by atoms with Gasteiger partial charge in [0.1, 0.15) is 12.4 Å². The summed E-state index contributed by atoms with van der Waals surface area (Å²) in [6, 6.07) is 6.35. The fraction of sp³-hybridized carbons (Fsp3) is 0.455. The maximum absolute atomic E-state index is 5.98. The highest BCUT2D eigenvalue weighted by Crippen LogP contribution is 2.27. The fourth-order valence-corrected chi connectivity index (χ4v) is 1.81. The molecule has 1 aliphatic rings. The zero-order valence-corrected chi connectivity index (χ0v) is 10.6. The Labute approximate surface area is 103 Å². The van der Waals surface area contributed by atoms with Gasteiger partial charge >= 0.3 is 0 Å². The van der Waals surface area contributed by atoms with E-state index >= 15 is 0 Å². The number of rotatable bonds is 5. The number of nitrogens with one attached hydrogen (secondary N) is 1. The zero-order valence-electron chi connectivity index (χ0n) is 8.30. The van der Waals surface area contributed by atoms with E-state index in [9.17, 15) is 0 Å². The number of halogens is 2. The van der Waals surface area contributed by atoms with E-state index in [2.05, 4.69) is 21.2 Å². The van der Waals surface area contributed by atoms with Crippen LogP contribution in [0.5, 0.6) is 5.75 Å². The minimum Gasteiger partial charge on any atom is -0.491 e. The van der Waals surface area contributed by atoms with Gasteiger partial charge in [-0.05, 0) is 31.0 Å². The zero-order chi connectivity index (χ0) is 10.7. The van der Waals surface area contributed by atoms with Crippen LogP contribution in [0.3, 0.4) is 0 Å². The van der Waals surface area contributed by atoms with E-state index in [0.29, 0.717) is 11.6 Å². The van der Waals surface area contributed by atoms with E-state index in [1.165, 1.54) is 12.8 Å². The van der Waals surface area contributed by atoms with Crippen LogP contribution in [0, 0.1) is 0 Å². The van der Waals surface area contributed by atoms with Gasteiger partial charge in [-0.2, -0.15) is 0 Å². The second kappa shape index (κ2) is 5.19. The summed E-state index contributed by atoms with van der Waals surface area (Å²) in [6.07, 6.45) is 2.61. The van der Waals surface area contributed by atoms with Gasteiger partial charge in [0.15, 0.2) is 0 Å². The summed E-state index contributed by atoms with van der Waals surface area (Å²) >= 11 is 9.37. The third kappa shape index (κ3) is 3.67. The third-order valence-electron chi connectivity index (χ3n) is 2.26. The average molecular weight is 291 g/mol. The monoisotopic (exact) mass is 289 g/mol. The molecule has 1 N–H and O–H groups in total. The Hall–Kier alpha value is -0.250. The van der Waals surface area contributed by atoms with Crippen molar-refractivity contribution in [1.29, 1.82) is 0 Å². The summed E-state index contributed by atoms with van der Waals surface area (Å²) in [6.45, 7) is 1.54. The van der Waals surface area contributed by atoms with Gasteiger partial charge in [0, 0.05) is 17.1 Å². The van der Waals surface area contributed by atoms with Gasteiger partial charge in [0.25, 0.3) is 0 Å². The number of hydrogen-bond donors (Lipinski definition) is 1. The quantitative estimate of drug-likeness (QED) is 0.841. The maximum Gasteiger partial charge on any atom is 0.139 e. The second-order valence-corrected chi connectivity index (χ2v) is 4.97. The van der Waals surface area contributed by atoms with E-state index in [4.69, 9.17) is 16.3 Å². The molecule has 1 fully saturated rings. The Morgan fingerprint density at radius 1 is 1.47 bits per heavy atom. The summed E-state index contributed by atoms with van der Waals surface area (Å²) in [5, 5.41) is 4.04. The normalized spacial score (nSPS) is 15.3. The van der Waals surface area contributed by atoms with Crippen molar-refractivity contribution in [3.63, 3.8) is 0 Å². The lowest BCUT2D eigenvalue weighted by Gasteiger charge is -2.08. The molecule has 1 aliphatic carbocycles. The minimum absolute atomic E-state index is 0.657. The molecule has 1 saturated carbocycles. The Balaban J connectivity index is 1.78. The lowest BCUT2D eigenvalue weighted by atomic mass is 10.3. The van der Waals surface area contributed by atoms with Crippen molar-refractivity contribution in [2.45, 2.75) is 18.9 Å². The lowest BCUT2D eigenvalue weighted by molar-refractivity contribution is 0.313. The summed E-state index contributed by atoms with van der Waals surface area (Å²) in [4.78, 5) is 0. The van der Waals surface area contributed by atoms with E-state index in [-0.39, 0.29) is 0 Å². The van der Waals surface area contributed by atoms with Gasteiger partial charge in [-0.1, -0.05) is 27.5 Å². The SMILES string of the molecule is Clc1ccc(Br)cc1OCCNC1CC1. The fourth-order valence-electron chi connectivity index (χ4n) is 1.30. The van der Waals surface area contributed by atoms with E-state index in [1.807, 2.05) is 18.2 Å². The topological polar surface area (TPSA) is 21.3 Å². The molecule has 2 nitrogen and oxygen atoms in total. The molecule has 82 valence electrons. The first-order valence-electron chi connectivity index (χ1n) is 5.07. The van der Waals surface area contributed by atoms with Crippen LogP contribution in [0.25, 0.3) is 0 Å². The molecule has 0 amide bonds. The summed E-state index contributed by atoms with van der Waals surface area (Å²) in [5.41, 5.74) is 0. The molecule has 1 aromatic rings. The molecule has 1 aromatic carbocycles. The molecule has 0 aromatic heterocycles. The van der Waals surface area contributed by atoms with Crippen molar-refractivity contribution < 1.29 is 4.74 Å². The molecular formula is C11H13BrClNO. The largest absolute Gasteiger partial charge is 0.491 e. The molecule has 0 spiro atoms. The second-order valence-electron chi connectivity index (χ2n) is 3.65. The first kappa shape index (κ1) is 11.2. The smallest absolute Gasteiger partial charge is 0.139 e. The van der Waals surface area contributed by atoms with E-state index in [0.717, 1.165) is 22.8 Å². The first-order chi connectivity index (χ1) is 7.25. The van der Waals surface area contributed by atoms with Gasteiger partial charge in [-0.25, -0.2) is 0 Å². The molecule has 0 unspecified atom stereocenters. The van der Waals surface area contributed by atoms with E-state index in [1.54, 1.807) is 0 Å². The molecule has 2 rings (SSSR count). The Kier molecular flexibility index (Phi) is 3.89. The van der Waals surface area contributed by atoms with Crippen LogP contribution in [0.1, 0.15) is 12.8 Å². The van der Waals surface area contributed by atoms with Crippen molar-refractivity contribution in [2.75, 3.05) is 13.2 Å². The predicted molar refractivity (Wildman–Crippen MR) is 65.7 cm³/mol. The molecule has 0 atom stereocenters. The van der Waals surface area contributed by atoms with Crippen LogP contribution in [0.15, 0.2) is 22.7 Å². The standard InChI is InChI=1S/C11H13BrClNO/c12-8-1-4-10(13)11(7-8)15-6-5-14-9-2-3-9/h1,4,7,9,14H,2-3,5-6H2. The van der Waals surface area contributed by atoms with Crippen LogP contribution in [0.4, 0.5) is 0 Å². The lowest BCUT2D eigenvalue weighted by Crippen LogP contribution is -2.22. The highest BCUT2D eigenvalue weighted by atomic mass is 79.9. The summed E-state index contributed by atoms with van der Waals surface area (Å²) in [7, 11) is 0. The number of ether oxygens (including phenoxy) is 1. The van der Waals surface area contributed by atoms with Gasteiger partial charge in [-0.3, -0.25) is 0 Å². The van der Waals surface area contributed by atoms with Crippen LogP contribution in [0.2, 0.25) is 5.02 Å². The average Bonchev–Trinajstić information content (AvgIpc) is 3.01. The van der Waals surface area contributed by atoms with Crippen molar-refractivity contribution in [1.82, 2.24) is 5.32 Å². The van der Waals surface area contributed by atoms with Crippen LogP contribution >= 0.6 is 27.5 Å². The van der Waals surface area contributed by atoms with E-state index < -0.39 is 0 Å². The van der Waals surface area contributed by atoms with Gasteiger partial charge in [-0.15, -0.1) is 0 Å². The Morgan fingerprint density at radius 3 is 3.00 bits per heavy atom. The maximum atomic E-state index is 5.98. The summed E-state index contributed by atoms with van der Waals surface area (Å²) < 4.78 is 6.55. The molecule has 0 saturated heterocycles. The van der Waals surface area contributed by atoms with Crippen LogP contribution in [-0.2, 0) is 0 Å². The highest BCUT2D eigenvalue weighted by molar-refractivity contribution is 9.10. The molecule has 15 heavy (non-hydrogen) atoms. The molecular weight excluding hydrogens is 277 g/mol. The van der Waals surface area contributed by atoms with Crippen molar-refractivity contribution >= 4 is 27.5 Å². The first-order valence-corrected chi connectivity index (χ1v) is 6.24. The molecule has 0 radical (unpaired) electrons. The van der Waals surface area contributed by atoms with Gasteiger partial charge in [0.2, 0.25) is 0 Å². The molecule has 0 aliphatic heterocycles. The van der Waals surface area contributed by atoms with Crippen LogP contribution in [-0.4, -0.2) is 19.2 Å². The third-order valence-corrected chi connectivity index (χ3v) is 3.07. The Morgan fingerprint density at radius 2 is 2.27 bits per heavy atom. The van der Waals surface area contributed by atoms with Gasteiger partial charge < -0.3 is 10.1 Å². The van der Waals surface area contributed by atoms with Crippen LogP contribution < -0.4 is 10.1 Å². The molecule has 0 bridgehead atoms. The predicted octanol–water partition coefficient (Wildman–Crippen LogP) is 3.23. The van der Waals surface area contributed by atoms with Crippen molar-refractivity contribution in [2.24, 2.45) is 0 Å². The Bertz CT molecular complexity index is 341.